The van der Waals surface area contributed by atoms with E-state index in [4.69, 9.17) is 51.6 Å². The molecular formula is C31H38Cl2N2O10. The molecule has 1 aliphatic rings. The quantitative estimate of drug-likeness (QED) is 0.206. The fourth-order valence-electron chi connectivity index (χ4n) is 4.36. The number of nitrogens with zero attached hydrogens (tertiary/aromatic N) is 1. The molecule has 1 fully saturated rings. The van der Waals surface area contributed by atoms with Gasteiger partial charge < -0.3 is 33.7 Å². The van der Waals surface area contributed by atoms with E-state index in [1.165, 1.54) is 19.4 Å². The molecule has 2 aromatic rings. The lowest BCUT2D eigenvalue weighted by Crippen LogP contribution is -2.47. The van der Waals surface area contributed by atoms with Gasteiger partial charge in [-0.1, -0.05) is 57.0 Å². The average Bonchev–Trinajstić information content (AvgIpc) is 3.03. The van der Waals surface area contributed by atoms with Gasteiger partial charge >= 0.3 is 17.9 Å². The molecule has 2 heterocycles. The van der Waals surface area contributed by atoms with Crippen LogP contribution in [0, 0.1) is 17.8 Å². The van der Waals surface area contributed by atoms with E-state index in [1.54, 1.807) is 52.8 Å². The summed E-state index contributed by atoms with van der Waals surface area (Å²) in [5.41, 5.74) is 0.508. The molecule has 0 unspecified atom stereocenters. The van der Waals surface area contributed by atoms with Crippen LogP contribution in [-0.4, -0.2) is 74.2 Å². The number of carbonyl (C=O) groups excluding carboxylic acids is 4. The van der Waals surface area contributed by atoms with E-state index in [1.807, 2.05) is 0 Å². The van der Waals surface area contributed by atoms with Crippen molar-refractivity contribution in [3.05, 3.63) is 51.8 Å². The minimum atomic E-state index is -1.26. The van der Waals surface area contributed by atoms with Gasteiger partial charge in [-0.2, -0.15) is 0 Å². The zero-order valence-electron chi connectivity index (χ0n) is 26.0. The topological polar surface area (TPSA) is 149 Å². The summed E-state index contributed by atoms with van der Waals surface area (Å²) in [6.45, 7) is 7.59. The van der Waals surface area contributed by atoms with Gasteiger partial charge in [-0.05, 0) is 31.0 Å². The molecule has 246 valence electrons. The highest BCUT2D eigenvalue weighted by Crippen LogP contribution is 2.31. The van der Waals surface area contributed by atoms with E-state index in [0.29, 0.717) is 16.5 Å². The standard InChI is InChI=1S/C31H38Cl2N2O10/c1-16(2)29(37)43-15-42-27-24(40-6)9-10-34-25(27)28(36)35-23-14-41-13-20(11-19-7-8-21(32)12-22(19)33)26(18(5)44-31(23)39)45-30(38)17(3)4/h7-10,12,16-18,20,23,26H,11,13-15H2,1-6H3,(H,35,36)/t18-,20-,23-,26-/m0/s1. The average molecular weight is 670 g/mol. The fourth-order valence-corrected chi connectivity index (χ4v) is 4.84. The summed E-state index contributed by atoms with van der Waals surface area (Å²) in [4.78, 5) is 55.3. The van der Waals surface area contributed by atoms with Gasteiger partial charge in [0.2, 0.25) is 6.79 Å². The van der Waals surface area contributed by atoms with Crippen LogP contribution in [-0.2, 0) is 39.8 Å². The van der Waals surface area contributed by atoms with Crippen molar-refractivity contribution < 1.29 is 47.6 Å². The van der Waals surface area contributed by atoms with Gasteiger partial charge in [0, 0.05) is 28.2 Å². The van der Waals surface area contributed by atoms with Gasteiger partial charge in [-0.3, -0.25) is 14.4 Å². The summed E-state index contributed by atoms with van der Waals surface area (Å²) < 4.78 is 33.4. The second-order valence-corrected chi connectivity index (χ2v) is 11.9. The lowest BCUT2D eigenvalue weighted by Gasteiger charge is -2.31. The Morgan fingerprint density at radius 1 is 1.07 bits per heavy atom. The van der Waals surface area contributed by atoms with E-state index in [9.17, 15) is 19.2 Å². The maximum absolute atomic E-state index is 13.4. The van der Waals surface area contributed by atoms with E-state index in [-0.39, 0.29) is 36.3 Å². The molecule has 3 rings (SSSR count). The van der Waals surface area contributed by atoms with Crippen molar-refractivity contribution in [2.75, 3.05) is 27.1 Å². The Kier molecular flexibility index (Phi) is 13.3. The number of aromatic nitrogens is 1. The molecule has 1 aliphatic heterocycles. The first-order valence-corrected chi connectivity index (χ1v) is 15.1. The molecule has 0 radical (unpaired) electrons. The van der Waals surface area contributed by atoms with Crippen molar-refractivity contribution in [2.45, 2.75) is 59.3 Å². The van der Waals surface area contributed by atoms with Gasteiger partial charge in [0.05, 0.1) is 32.2 Å². The Morgan fingerprint density at radius 2 is 1.78 bits per heavy atom. The highest BCUT2D eigenvalue weighted by molar-refractivity contribution is 6.35. The summed E-state index contributed by atoms with van der Waals surface area (Å²) >= 11 is 12.5. The summed E-state index contributed by atoms with van der Waals surface area (Å²) in [7, 11) is 1.37. The predicted molar refractivity (Wildman–Crippen MR) is 163 cm³/mol. The SMILES string of the molecule is COc1ccnc(C(=O)N[C@H]2COC[C@H](Cc3ccc(Cl)cc3Cl)[C@@H](OC(=O)C(C)C)[C@H](C)OC2=O)c1OCOC(=O)C(C)C. The Labute approximate surface area is 271 Å². The van der Waals surface area contributed by atoms with Gasteiger partial charge in [0.25, 0.3) is 5.91 Å². The molecule has 0 aliphatic carbocycles. The Bertz CT molecular complexity index is 1370. The van der Waals surface area contributed by atoms with Crippen LogP contribution in [0.2, 0.25) is 10.0 Å². The highest BCUT2D eigenvalue weighted by atomic mass is 35.5. The molecule has 1 N–H and O–H groups in total. The largest absolute Gasteiger partial charge is 0.493 e. The molecule has 0 spiro atoms. The number of carbonyl (C=O) groups is 4. The van der Waals surface area contributed by atoms with Crippen LogP contribution in [0.3, 0.4) is 0 Å². The Balaban J connectivity index is 1.83. The van der Waals surface area contributed by atoms with Crippen LogP contribution in [0.1, 0.15) is 50.7 Å². The van der Waals surface area contributed by atoms with Crippen molar-refractivity contribution in [3.63, 3.8) is 0 Å². The molecule has 4 atom stereocenters. The van der Waals surface area contributed by atoms with Gasteiger partial charge in [-0.15, -0.1) is 0 Å². The van der Waals surface area contributed by atoms with Crippen LogP contribution < -0.4 is 14.8 Å². The highest BCUT2D eigenvalue weighted by Gasteiger charge is 2.38. The van der Waals surface area contributed by atoms with E-state index >= 15 is 0 Å². The second kappa shape index (κ2) is 16.6. The Hall–Kier alpha value is -3.61. The van der Waals surface area contributed by atoms with Crippen LogP contribution in [0.25, 0.3) is 0 Å². The smallest absolute Gasteiger partial charge is 0.331 e. The number of esters is 3. The van der Waals surface area contributed by atoms with Gasteiger partial charge in [0.1, 0.15) is 12.2 Å². The number of methoxy groups -OCH3 is 1. The maximum atomic E-state index is 13.4. The molecule has 1 aromatic carbocycles. The number of rotatable bonds is 11. The summed E-state index contributed by atoms with van der Waals surface area (Å²) in [5, 5.41) is 3.47. The third kappa shape index (κ3) is 9.94. The molecule has 12 nitrogen and oxygen atoms in total. The minimum absolute atomic E-state index is 0.0370. The molecule has 1 amide bonds. The minimum Gasteiger partial charge on any atom is -0.493 e. The zero-order chi connectivity index (χ0) is 33.3. The van der Waals surface area contributed by atoms with Crippen molar-refractivity contribution in [3.8, 4) is 11.5 Å². The lowest BCUT2D eigenvalue weighted by molar-refractivity contribution is -0.173. The van der Waals surface area contributed by atoms with Crippen molar-refractivity contribution in [1.29, 1.82) is 0 Å². The number of benzene rings is 1. The first-order valence-electron chi connectivity index (χ1n) is 14.4. The summed E-state index contributed by atoms with van der Waals surface area (Å²) in [6, 6.07) is 5.27. The van der Waals surface area contributed by atoms with Gasteiger partial charge in [-0.25, -0.2) is 9.78 Å². The van der Waals surface area contributed by atoms with Crippen molar-refractivity contribution in [1.82, 2.24) is 10.3 Å². The number of nitrogens with one attached hydrogen (secondary N) is 1. The predicted octanol–water partition coefficient (Wildman–Crippen LogP) is 4.42. The zero-order valence-corrected chi connectivity index (χ0v) is 27.5. The Morgan fingerprint density at radius 3 is 2.42 bits per heavy atom. The van der Waals surface area contributed by atoms with E-state index in [2.05, 4.69) is 10.3 Å². The van der Waals surface area contributed by atoms with Crippen LogP contribution >= 0.6 is 23.2 Å². The second-order valence-electron chi connectivity index (χ2n) is 11.0. The molecule has 0 saturated carbocycles. The van der Waals surface area contributed by atoms with E-state index < -0.39 is 60.7 Å². The number of hydrogen-bond acceptors (Lipinski definition) is 11. The summed E-state index contributed by atoms with van der Waals surface area (Å²) in [6.07, 6.45) is -0.164. The van der Waals surface area contributed by atoms with Crippen LogP contribution in [0.4, 0.5) is 0 Å². The van der Waals surface area contributed by atoms with Crippen LogP contribution in [0.5, 0.6) is 11.5 Å². The molecule has 0 bridgehead atoms. The van der Waals surface area contributed by atoms with Crippen LogP contribution in [0.15, 0.2) is 30.5 Å². The van der Waals surface area contributed by atoms with E-state index in [0.717, 1.165) is 5.56 Å². The fraction of sp³-hybridized carbons (Fsp3) is 0.516. The van der Waals surface area contributed by atoms with Gasteiger partial charge in [0.15, 0.2) is 23.2 Å². The third-order valence-corrected chi connectivity index (χ3v) is 7.42. The maximum Gasteiger partial charge on any atom is 0.331 e. The molecule has 45 heavy (non-hydrogen) atoms. The number of amides is 1. The third-order valence-electron chi connectivity index (χ3n) is 6.84. The monoisotopic (exact) mass is 668 g/mol. The molecule has 14 heteroatoms. The number of hydrogen-bond donors (Lipinski definition) is 1. The molecule has 1 saturated heterocycles. The summed E-state index contributed by atoms with van der Waals surface area (Å²) in [5.74, 6) is -3.85. The molecular weight excluding hydrogens is 631 g/mol. The number of cyclic esters (lactones) is 1. The number of halogens is 2. The molecule has 1 aromatic heterocycles. The number of pyridine rings is 1. The lowest BCUT2D eigenvalue weighted by atomic mass is 9.91. The normalized spacial score (nSPS) is 20.4. The first kappa shape index (κ1) is 35.9. The number of ether oxygens (including phenoxy) is 6. The van der Waals surface area contributed by atoms with Crippen molar-refractivity contribution >= 4 is 47.0 Å². The first-order chi connectivity index (χ1) is 21.3. The van der Waals surface area contributed by atoms with Crippen molar-refractivity contribution in [2.24, 2.45) is 17.8 Å².